The minimum absolute atomic E-state index is 0.159. The number of aryl methyl sites for hydroxylation is 1. The summed E-state index contributed by atoms with van der Waals surface area (Å²) >= 11 is 6.09. The Morgan fingerprint density at radius 1 is 1.15 bits per heavy atom. The lowest BCUT2D eigenvalue weighted by molar-refractivity contribution is 0.532. The van der Waals surface area contributed by atoms with Crippen LogP contribution in [0.15, 0.2) is 42.5 Å². The van der Waals surface area contributed by atoms with E-state index in [-0.39, 0.29) is 11.9 Å². The molecule has 0 aliphatic rings. The fourth-order valence-electron chi connectivity index (χ4n) is 2.37. The maximum Gasteiger partial charge on any atom is 0.127 e. The summed E-state index contributed by atoms with van der Waals surface area (Å²) < 4.78 is 13.8. The topological polar surface area (TPSA) is 12.0 Å². The van der Waals surface area contributed by atoms with Crippen LogP contribution in [0.2, 0.25) is 5.02 Å². The highest BCUT2D eigenvalue weighted by Crippen LogP contribution is 2.21. The molecule has 0 aliphatic heterocycles. The predicted molar refractivity (Wildman–Crippen MR) is 82.8 cm³/mol. The molecular formula is C17H19ClFN. The summed E-state index contributed by atoms with van der Waals surface area (Å²) in [5, 5.41) is 3.74. The van der Waals surface area contributed by atoms with Crippen LogP contribution >= 0.6 is 11.6 Å². The highest BCUT2D eigenvalue weighted by atomic mass is 35.5. The van der Waals surface area contributed by atoms with Crippen LogP contribution in [0.25, 0.3) is 0 Å². The van der Waals surface area contributed by atoms with E-state index in [0.29, 0.717) is 17.0 Å². The van der Waals surface area contributed by atoms with Crippen molar-refractivity contribution in [3.05, 3.63) is 70.0 Å². The van der Waals surface area contributed by atoms with Crippen LogP contribution in [-0.4, -0.2) is 13.1 Å². The van der Waals surface area contributed by atoms with E-state index in [0.717, 1.165) is 6.42 Å². The van der Waals surface area contributed by atoms with Gasteiger partial charge in [0, 0.05) is 16.6 Å². The summed E-state index contributed by atoms with van der Waals surface area (Å²) in [5.74, 6) is -0.234. The summed E-state index contributed by atoms with van der Waals surface area (Å²) in [5.41, 5.74) is 3.07. The minimum Gasteiger partial charge on any atom is -0.316 e. The maximum absolute atomic E-state index is 13.8. The van der Waals surface area contributed by atoms with Gasteiger partial charge in [-0.05, 0) is 44.5 Å². The van der Waals surface area contributed by atoms with E-state index in [1.807, 2.05) is 13.1 Å². The first kappa shape index (κ1) is 15.0. The molecule has 1 nitrogen and oxygen atoms in total. The van der Waals surface area contributed by atoms with E-state index in [2.05, 4.69) is 30.4 Å². The first-order valence-corrected chi connectivity index (χ1v) is 7.13. The summed E-state index contributed by atoms with van der Waals surface area (Å²) in [6, 6.07) is 13.4. The number of nitrogens with one attached hydrogen (secondary N) is 1. The number of hydrogen-bond donors (Lipinski definition) is 1. The summed E-state index contributed by atoms with van der Waals surface area (Å²) in [6.07, 6.45) is 1.43. The zero-order chi connectivity index (χ0) is 14.5. The Kier molecular flexibility index (Phi) is 5.16. The Morgan fingerprint density at radius 2 is 1.90 bits per heavy atom. The molecule has 0 amide bonds. The number of benzene rings is 2. The Hall–Kier alpha value is -1.38. The number of rotatable bonds is 5. The average molecular weight is 292 g/mol. The molecule has 1 N–H and O–H groups in total. The molecule has 2 rings (SSSR count). The lowest BCUT2D eigenvalue weighted by Gasteiger charge is -2.18. The van der Waals surface area contributed by atoms with Crippen molar-refractivity contribution in [1.82, 2.24) is 5.32 Å². The lowest BCUT2D eigenvalue weighted by atomic mass is 9.98. The third-order valence-electron chi connectivity index (χ3n) is 3.49. The second-order valence-corrected chi connectivity index (χ2v) is 5.49. The Balaban J connectivity index is 2.13. The number of likely N-dealkylation sites (N-methyl/N-ethyl adjacent to an activating group) is 1. The second-order valence-electron chi connectivity index (χ2n) is 5.08. The molecule has 2 aromatic carbocycles. The van der Waals surface area contributed by atoms with Crippen LogP contribution < -0.4 is 5.32 Å². The SMILES string of the molecule is CNC(Cc1cccc(C)c1)Cc1c(F)cccc1Cl. The molecule has 0 aromatic heterocycles. The lowest BCUT2D eigenvalue weighted by Crippen LogP contribution is -2.30. The molecule has 1 atom stereocenters. The summed E-state index contributed by atoms with van der Waals surface area (Å²) in [6.45, 7) is 2.08. The first-order valence-electron chi connectivity index (χ1n) is 6.76. The van der Waals surface area contributed by atoms with Crippen LogP contribution in [0.1, 0.15) is 16.7 Å². The van der Waals surface area contributed by atoms with Crippen molar-refractivity contribution in [3.63, 3.8) is 0 Å². The minimum atomic E-state index is -0.234. The summed E-state index contributed by atoms with van der Waals surface area (Å²) in [4.78, 5) is 0. The molecule has 1 unspecified atom stereocenters. The largest absolute Gasteiger partial charge is 0.316 e. The van der Waals surface area contributed by atoms with Gasteiger partial charge in [-0.25, -0.2) is 4.39 Å². The van der Waals surface area contributed by atoms with E-state index in [9.17, 15) is 4.39 Å². The van der Waals surface area contributed by atoms with Crippen LogP contribution in [0.4, 0.5) is 4.39 Å². The van der Waals surface area contributed by atoms with Gasteiger partial charge < -0.3 is 5.32 Å². The van der Waals surface area contributed by atoms with E-state index < -0.39 is 0 Å². The Labute approximate surface area is 124 Å². The molecule has 0 bridgehead atoms. The van der Waals surface area contributed by atoms with E-state index in [1.165, 1.54) is 17.2 Å². The molecule has 0 radical (unpaired) electrons. The molecule has 0 spiro atoms. The van der Waals surface area contributed by atoms with Crippen molar-refractivity contribution in [2.75, 3.05) is 7.05 Å². The number of halogens is 2. The van der Waals surface area contributed by atoms with Gasteiger partial charge in [0.15, 0.2) is 0 Å². The zero-order valence-electron chi connectivity index (χ0n) is 11.8. The third kappa shape index (κ3) is 3.81. The number of hydrogen-bond acceptors (Lipinski definition) is 1. The van der Waals surface area contributed by atoms with Crippen LogP contribution in [0.3, 0.4) is 0 Å². The molecule has 0 saturated heterocycles. The smallest absolute Gasteiger partial charge is 0.127 e. The van der Waals surface area contributed by atoms with Gasteiger partial charge in [0.25, 0.3) is 0 Å². The molecule has 0 fully saturated rings. The maximum atomic E-state index is 13.8. The van der Waals surface area contributed by atoms with Crippen molar-refractivity contribution in [3.8, 4) is 0 Å². The van der Waals surface area contributed by atoms with Crippen LogP contribution in [0, 0.1) is 12.7 Å². The van der Waals surface area contributed by atoms with Gasteiger partial charge in [-0.15, -0.1) is 0 Å². The Morgan fingerprint density at radius 3 is 2.55 bits per heavy atom. The van der Waals surface area contributed by atoms with Gasteiger partial charge >= 0.3 is 0 Å². The van der Waals surface area contributed by atoms with Gasteiger partial charge in [0.1, 0.15) is 5.82 Å². The van der Waals surface area contributed by atoms with Gasteiger partial charge in [-0.2, -0.15) is 0 Å². The van der Waals surface area contributed by atoms with Crippen molar-refractivity contribution in [2.24, 2.45) is 0 Å². The van der Waals surface area contributed by atoms with Crippen LogP contribution in [0.5, 0.6) is 0 Å². The van der Waals surface area contributed by atoms with Crippen molar-refractivity contribution >= 4 is 11.6 Å². The molecule has 0 aliphatic carbocycles. The fourth-order valence-corrected chi connectivity index (χ4v) is 2.61. The monoisotopic (exact) mass is 291 g/mol. The van der Waals surface area contributed by atoms with Crippen molar-refractivity contribution in [2.45, 2.75) is 25.8 Å². The quantitative estimate of drug-likeness (QED) is 0.872. The normalized spacial score (nSPS) is 12.4. The highest BCUT2D eigenvalue weighted by Gasteiger charge is 2.14. The van der Waals surface area contributed by atoms with Crippen molar-refractivity contribution < 1.29 is 4.39 Å². The molecule has 0 heterocycles. The molecular weight excluding hydrogens is 273 g/mol. The fraction of sp³-hybridized carbons (Fsp3) is 0.294. The van der Waals surface area contributed by atoms with Gasteiger partial charge in [-0.3, -0.25) is 0 Å². The summed E-state index contributed by atoms with van der Waals surface area (Å²) in [7, 11) is 1.90. The third-order valence-corrected chi connectivity index (χ3v) is 3.84. The van der Waals surface area contributed by atoms with Gasteiger partial charge in [0.05, 0.1) is 0 Å². The predicted octanol–water partition coefficient (Wildman–Crippen LogP) is 4.16. The van der Waals surface area contributed by atoms with Crippen LogP contribution in [-0.2, 0) is 12.8 Å². The van der Waals surface area contributed by atoms with E-state index >= 15 is 0 Å². The second kappa shape index (κ2) is 6.87. The van der Waals surface area contributed by atoms with Crippen molar-refractivity contribution in [1.29, 1.82) is 0 Å². The average Bonchev–Trinajstić information content (AvgIpc) is 2.42. The molecule has 0 saturated carbocycles. The zero-order valence-corrected chi connectivity index (χ0v) is 12.5. The van der Waals surface area contributed by atoms with Gasteiger partial charge in [-0.1, -0.05) is 47.5 Å². The first-order chi connectivity index (χ1) is 9.60. The molecule has 20 heavy (non-hydrogen) atoms. The molecule has 2 aromatic rings. The Bertz CT molecular complexity index is 563. The van der Waals surface area contributed by atoms with Gasteiger partial charge in [0.2, 0.25) is 0 Å². The standard InChI is InChI=1S/C17H19ClFN/c1-12-5-3-6-13(9-12)10-14(20-2)11-15-16(18)7-4-8-17(15)19/h3-9,14,20H,10-11H2,1-2H3. The van der Waals surface area contributed by atoms with E-state index in [1.54, 1.807) is 12.1 Å². The highest BCUT2D eigenvalue weighted by molar-refractivity contribution is 6.31. The van der Waals surface area contributed by atoms with E-state index in [4.69, 9.17) is 11.6 Å². The molecule has 106 valence electrons. The molecule has 3 heteroatoms.